The van der Waals surface area contributed by atoms with Gasteiger partial charge in [0.05, 0.1) is 0 Å². The van der Waals surface area contributed by atoms with E-state index in [9.17, 15) is 0 Å². The second-order valence-electron chi connectivity index (χ2n) is 1.06. The van der Waals surface area contributed by atoms with Crippen LogP contribution in [0.3, 0.4) is 0 Å². The molecule has 0 heterocycles. The van der Waals surface area contributed by atoms with E-state index in [0.29, 0.717) is 19.6 Å². The largest absolute Gasteiger partial charge is 0.678 e. The molecule has 3 nitrogen and oxygen atoms in total. The first-order valence-corrected chi connectivity index (χ1v) is 3.18. The molecule has 3 N–H and O–H groups in total. The molecule has 0 aromatic carbocycles. The van der Waals surface area contributed by atoms with Crippen LogP contribution in [0.25, 0.3) is 17.2 Å². The zero-order valence-electron chi connectivity index (χ0n) is 7.12. The number of hydrogen-bond donors (Lipinski definition) is 0. The van der Waals surface area contributed by atoms with Gasteiger partial charge in [0.15, 0.2) is 0 Å². The third kappa shape index (κ3) is 934. The zero-order valence-corrected chi connectivity index (χ0v) is 10.7. The molecule has 0 amide bonds. The molecule has 0 aliphatic heterocycles. The van der Waals surface area contributed by atoms with Crippen molar-refractivity contribution in [2.75, 3.05) is 19.6 Å². The molecule has 0 spiro atoms. The Morgan fingerprint density at radius 1 is 0.700 bits per heavy atom. The van der Waals surface area contributed by atoms with Gasteiger partial charge in [0.2, 0.25) is 0 Å². The van der Waals surface area contributed by atoms with Crippen LogP contribution < -0.4 is 0 Å². The van der Waals surface area contributed by atoms with Crippen LogP contribution in [-0.2, 0) is 25.8 Å². The van der Waals surface area contributed by atoms with E-state index in [0.717, 1.165) is 0 Å². The van der Waals surface area contributed by atoms with E-state index in [1.807, 2.05) is 0 Å². The zero-order chi connectivity index (χ0) is 8.12. The standard InChI is InChI=1S/3C2H6N.Hf/c3*1-2-3;/h3*3H,2H2,1H3;/q3*-1;. The van der Waals surface area contributed by atoms with Crippen molar-refractivity contribution in [3.63, 3.8) is 0 Å². The van der Waals surface area contributed by atoms with Crippen LogP contribution in [0.15, 0.2) is 0 Å². The van der Waals surface area contributed by atoms with Crippen molar-refractivity contribution < 1.29 is 25.8 Å². The molecule has 0 unspecified atom stereocenters. The summed E-state index contributed by atoms with van der Waals surface area (Å²) in [5, 5.41) is 0. The summed E-state index contributed by atoms with van der Waals surface area (Å²) in [4.78, 5) is 0. The molecule has 0 saturated carbocycles. The summed E-state index contributed by atoms with van der Waals surface area (Å²) in [5.41, 5.74) is 18.6. The SMILES string of the molecule is CC[NH-].CC[NH-].CC[NH-].[Hf]. The van der Waals surface area contributed by atoms with Gasteiger partial charge >= 0.3 is 0 Å². The fraction of sp³-hybridized carbons (Fsp3) is 1.00. The molecule has 0 saturated heterocycles. The quantitative estimate of drug-likeness (QED) is 0.617. The Labute approximate surface area is 83.5 Å². The van der Waals surface area contributed by atoms with Gasteiger partial charge in [0.1, 0.15) is 0 Å². The Hall–Kier alpha value is 0.750. The molecule has 0 aliphatic rings. The molecular weight excluding hydrogens is 293 g/mol. The average Bonchev–Trinajstić information content (AvgIpc) is 1.70. The second-order valence-corrected chi connectivity index (χ2v) is 1.06. The van der Waals surface area contributed by atoms with E-state index in [-0.39, 0.29) is 25.8 Å². The number of hydrogen-bond acceptors (Lipinski definition) is 0. The van der Waals surface area contributed by atoms with E-state index in [1.54, 1.807) is 20.8 Å². The topological polar surface area (TPSA) is 71.4 Å². The normalized spacial score (nSPS) is 5.40. The van der Waals surface area contributed by atoms with Crippen LogP contribution in [0.4, 0.5) is 0 Å². The van der Waals surface area contributed by atoms with Crippen molar-refractivity contribution in [1.82, 2.24) is 0 Å². The minimum atomic E-state index is 0. The van der Waals surface area contributed by atoms with Crippen molar-refractivity contribution in [2.45, 2.75) is 20.8 Å². The minimum Gasteiger partial charge on any atom is -0.678 e. The molecular formula is C6H18HfN3-3. The van der Waals surface area contributed by atoms with Gasteiger partial charge in [0.25, 0.3) is 0 Å². The first-order chi connectivity index (χ1) is 4.24. The first kappa shape index (κ1) is 22.4. The van der Waals surface area contributed by atoms with Gasteiger partial charge in [-0.15, -0.1) is 0 Å². The van der Waals surface area contributed by atoms with E-state index < -0.39 is 0 Å². The number of nitrogens with one attached hydrogen (secondary N) is 3. The van der Waals surface area contributed by atoms with Crippen LogP contribution in [0.2, 0.25) is 0 Å². The summed E-state index contributed by atoms with van der Waals surface area (Å²) in [6.45, 7) is 6.88. The summed E-state index contributed by atoms with van der Waals surface area (Å²) in [5.74, 6) is 0. The maximum atomic E-state index is 6.21. The van der Waals surface area contributed by atoms with E-state index in [4.69, 9.17) is 17.2 Å². The molecule has 0 aromatic rings. The molecule has 0 bridgehead atoms. The molecule has 0 aromatic heterocycles. The van der Waals surface area contributed by atoms with Crippen LogP contribution in [0.1, 0.15) is 20.8 Å². The van der Waals surface area contributed by atoms with Crippen LogP contribution in [0, 0.1) is 0 Å². The minimum absolute atomic E-state index is 0. The van der Waals surface area contributed by atoms with E-state index >= 15 is 0 Å². The summed E-state index contributed by atoms with van der Waals surface area (Å²) >= 11 is 0. The van der Waals surface area contributed by atoms with Gasteiger partial charge in [-0.2, -0.15) is 19.6 Å². The molecule has 0 fully saturated rings. The van der Waals surface area contributed by atoms with E-state index in [2.05, 4.69) is 0 Å². The van der Waals surface area contributed by atoms with Gasteiger partial charge in [-0.1, -0.05) is 20.8 Å². The monoisotopic (exact) mass is 312 g/mol. The molecule has 64 valence electrons. The van der Waals surface area contributed by atoms with E-state index in [1.165, 1.54) is 0 Å². The summed E-state index contributed by atoms with van der Waals surface area (Å²) < 4.78 is 0. The van der Waals surface area contributed by atoms with Crippen molar-refractivity contribution in [1.29, 1.82) is 0 Å². The Morgan fingerprint density at radius 2 is 0.700 bits per heavy atom. The van der Waals surface area contributed by atoms with Gasteiger partial charge < -0.3 is 17.2 Å². The fourth-order valence-corrected chi connectivity index (χ4v) is 0. The van der Waals surface area contributed by atoms with Crippen LogP contribution in [-0.4, -0.2) is 19.6 Å². The Bertz CT molecular complexity index is 17.7. The molecule has 0 radical (unpaired) electrons. The first-order valence-electron chi connectivity index (χ1n) is 3.18. The summed E-state index contributed by atoms with van der Waals surface area (Å²) in [6, 6.07) is 0. The summed E-state index contributed by atoms with van der Waals surface area (Å²) in [7, 11) is 0. The smallest absolute Gasteiger partial charge is 0 e. The molecule has 0 aliphatic carbocycles. The van der Waals surface area contributed by atoms with Crippen LogP contribution >= 0.6 is 0 Å². The molecule has 0 atom stereocenters. The van der Waals surface area contributed by atoms with Gasteiger partial charge in [-0.25, -0.2) is 0 Å². The fourth-order valence-electron chi connectivity index (χ4n) is 0. The molecule has 0 rings (SSSR count). The Balaban J connectivity index is -0.0000000257. The maximum absolute atomic E-state index is 6.21. The summed E-state index contributed by atoms with van der Waals surface area (Å²) in [6.07, 6.45) is 0. The van der Waals surface area contributed by atoms with Gasteiger partial charge in [-0.3, -0.25) is 0 Å². The predicted molar refractivity (Wildman–Crippen MR) is 44.6 cm³/mol. The maximum Gasteiger partial charge on any atom is 0 e. The van der Waals surface area contributed by atoms with Crippen molar-refractivity contribution in [3.8, 4) is 0 Å². The van der Waals surface area contributed by atoms with Crippen molar-refractivity contribution in [3.05, 3.63) is 17.2 Å². The van der Waals surface area contributed by atoms with Crippen molar-refractivity contribution >= 4 is 0 Å². The number of rotatable bonds is 0. The Morgan fingerprint density at radius 3 is 0.700 bits per heavy atom. The van der Waals surface area contributed by atoms with Crippen LogP contribution in [0.5, 0.6) is 0 Å². The van der Waals surface area contributed by atoms with Gasteiger partial charge in [-0.05, 0) is 0 Å². The third-order valence-electron chi connectivity index (χ3n) is 0. The second kappa shape index (κ2) is 53.1. The molecule has 10 heavy (non-hydrogen) atoms. The van der Waals surface area contributed by atoms with Gasteiger partial charge in [0, 0.05) is 25.8 Å². The Kier molecular flexibility index (Phi) is 119. The predicted octanol–water partition coefficient (Wildman–Crippen LogP) is 3.17. The molecule has 4 heteroatoms. The van der Waals surface area contributed by atoms with Crippen molar-refractivity contribution in [2.24, 2.45) is 0 Å². The average molecular weight is 311 g/mol. The third-order valence-corrected chi connectivity index (χ3v) is 0.